The van der Waals surface area contributed by atoms with Crippen LogP contribution >= 0.6 is 11.8 Å². The Morgan fingerprint density at radius 1 is 1.22 bits per heavy atom. The van der Waals surface area contributed by atoms with Gasteiger partial charge in [0.2, 0.25) is 15.2 Å². The molecule has 0 aliphatic rings. The first kappa shape index (κ1) is 21.5. The van der Waals surface area contributed by atoms with Gasteiger partial charge in [0.25, 0.3) is 0 Å². The summed E-state index contributed by atoms with van der Waals surface area (Å²) in [5.41, 5.74) is 0.404. The van der Waals surface area contributed by atoms with Crippen LogP contribution in [0.15, 0.2) is 34.3 Å². The topological polar surface area (TPSA) is 94.1 Å². The van der Waals surface area contributed by atoms with Crippen molar-refractivity contribution in [1.29, 1.82) is 0 Å². The van der Waals surface area contributed by atoms with Gasteiger partial charge in [-0.2, -0.15) is 17.5 Å². The summed E-state index contributed by atoms with van der Waals surface area (Å²) >= 11 is 0.829. The second-order valence-electron chi connectivity index (χ2n) is 5.51. The highest BCUT2D eigenvalue weighted by molar-refractivity contribution is 7.99. The van der Waals surface area contributed by atoms with Crippen LogP contribution in [0, 0.1) is 0 Å². The van der Waals surface area contributed by atoms with Gasteiger partial charge in [-0.1, -0.05) is 37.7 Å². The van der Waals surface area contributed by atoms with E-state index < -0.39 is 22.6 Å². The quantitative estimate of drug-likeness (QED) is 0.518. The first-order valence-electron chi connectivity index (χ1n) is 8.10. The number of aromatic nitrogens is 3. The first-order chi connectivity index (χ1) is 12.6. The SMILES string of the molecule is CCN(CC)S(=O)(=O)c1cccc(-c2nnc(SCCC(F)(F)F)n2N)c1. The van der Waals surface area contributed by atoms with E-state index >= 15 is 0 Å². The van der Waals surface area contributed by atoms with E-state index in [-0.39, 0.29) is 21.6 Å². The van der Waals surface area contributed by atoms with Gasteiger partial charge in [0.05, 0.1) is 11.3 Å². The summed E-state index contributed by atoms with van der Waals surface area (Å²) in [4.78, 5) is 0.0815. The third-order valence-corrected chi connectivity index (χ3v) is 6.71. The number of hydrogen-bond acceptors (Lipinski definition) is 6. The number of alkyl halides is 3. The Labute approximate surface area is 159 Å². The number of hydrogen-bond donors (Lipinski definition) is 1. The van der Waals surface area contributed by atoms with Crippen LogP contribution in [0.25, 0.3) is 11.4 Å². The molecule has 12 heteroatoms. The Morgan fingerprint density at radius 2 is 1.89 bits per heavy atom. The van der Waals surface area contributed by atoms with Gasteiger partial charge in [-0.15, -0.1) is 10.2 Å². The average Bonchev–Trinajstić information content (AvgIpc) is 2.96. The van der Waals surface area contributed by atoms with Crippen molar-refractivity contribution in [1.82, 2.24) is 19.2 Å². The monoisotopic (exact) mass is 423 g/mol. The molecule has 0 radical (unpaired) electrons. The lowest BCUT2D eigenvalue weighted by atomic mass is 10.2. The third kappa shape index (κ3) is 5.14. The van der Waals surface area contributed by atoms with Crippen LogP contribution < -0.4 is 5.84 Å². The molecular weight excluding hydrogens is 403 g/mol. The molecule has 0 atom stereocenters. The summed E-state index contributed by atoms with van der Waals surface area (Å²) in [6, 6.07) is 6.05. The van der Waals surface area contributed by atoms with Crippen molar-refractivity contribution in [3.63, 3.8) is 0 Å². The van der Waals surface area contributed by atoms with Gasteiger partial charge in [-0.3, -0.25) is 0 Å². The van der Waals surface area contributed by atoms with Gasteiger partial charge in [-0.05, 0) is 12.1 Å². The molecule has 1 aromatic carbocycles. The molecule has 2 N–H and O–H groups in total. The molecule has 0 bridgehead atoms. The number of nitrogens with two attached hydrogens (primary N) is 1. The lowest BCUT2D eigenvalue weighted by Gasteiger charge is -2.18. The minimum absolute atomic E-state index is 0.0815. The third-order valence-electron chi connectivity index (χ3n) is 3.72. The molecular formula is C15H20F3N5O2S2. The molecule has 2 aromatic rings. The van der Waals surface area contributed by atoms with E-state index in [9.17, 15) is 21.6 Å². The van der Waals surface area contributed by atoms with Gasteiger partial charge in [-0.25, -0.2) is 13.1 Å². The van der Waals surface area contributed by atoms with Crippen LogP contribution in [0.2, 0.25) is 0 Å². The molecule has 0 amide bonds. The van der Waals surface area contributed by atoms with Crippen LogP contribution in [0.3, 0.4) is 0 Å². The number of nitrogen functional groups attached to an aromatic ring is 1. The van der Waals surface area contributed by atoms with Crippen LogP contribution in [0.1, 0.15) is 20.3 Å². The van der Waals surface area contributed by atoms with E-state index in [1.54, 1.807) is 26.0 Å². The van der Waals surface area contributed by atoms with Gasteiger partial charge < -0.3 is 5.84 Å². The highest BCUT2D eigenvalue weighted by Crippen LogP contribution is 2.28. The van der Waals surface area contributed by atoms with Crippen molar-refractivity contribution < 1.29 is 21.6 Å². The fourth-order valence-electron chi connectivity index (χ4n) is 2.34. The number of rotatable bonds is 8. The molecule has 7 nitrogen and oxygen atoms in total. The van der Waals surface area contributed by atoms with Gasteiger partial charge in [0, 0.05) is 24.4 Å². The van der Waals surface area contributed by atoms with Crippen molar-refractivity contribution in [3.05, 3.63) is 24.3 Å². The summed E-state index contributed by atoms with van der Waals surface area (Å²) in [5, 5.41) is 7.80. The van der Waals surface area contributed by atoms with Crippen molar-refractivity contribution in [2.24, 2.45) is 0 Å². The number of thioether (sulfide) groups is 1. The maximum atomic E-state index is 12.6. The zero-order chi connectivity index (χ0) is 20.2. The normalized spacial score (nSPS) is 12.7. The molecule has 1 aromatic heterocycles. The predicted molar refractivity (Wildman–Crippen MR) is 97.1 cm³/mol. The summed E-state index contributed by atoms with van der Waals surface area (Å²) in [6.07, 6.45) is -5.24. The highest BCUT2D eigenvalue weighted by atomic mass is 32.2. The second-order valence-corrected chi connectivity index (χ2v) is 8.51. The molecule has 0 saturated heterocycles. The fraction of sp³-hybridized carbons (Fsp3) is 0.467. The van der Waals surface area contributed by atoms with Crippen molar-refractivity contribution in [2.45, 2.75) is 36.5 Å². The largest absolute Gasteiger partial charge is 0.389 e. The van der Waals surface area contributed by atoms with Crippen molar-refractivity contribution in [2.75, 3.05) is 24.7 Å². The zero-order valence-corrected chi connectivity index (χ0v) is 16.4. The minimum Gasteiger partial charge on any atom is -0.335 e. The van der Waals surface area contributed by atoms with Crippen molar-refractivity contribution in [3.8, 4) is 11.4 Å². The predicted octanol–water partition coefficient (Wildman–Crippen LogP) is 2.73. The van der Waals surface area contributed by atoms with E-state index in [4.69, 9.17) is 5.84 Å². The van der Waals surface area contributed by atoms with Gasteiger partial charge in [0.1, 0.15) is 0 Å². The van der Waals surface area contributed by atoms with E-state index in [1.807, 2.05) is 0 Å². The van der Waals surface area contributed by atoms with E-state index in [1.165, 1.54) is 16.4 Å². The van der Waals surface area contributed by atoms with Crippen LogP contribution in [-0.4, -0.2) is 52.6 Å². The average molecular weight is 423 g/mol. The molecule has 0 saturated carbocycles. The van der Waals surface area contributed by atoms with Gasteiger partial charge >= 0.3 is 6.18 Å². The zero-order valence-electron chi connectivity index (χ0n) is 14.8. The van der Waals surface area contributed by atoms with Crippen LogP contribution in [0.4, 0.5) is 13.2 Å². The molecule has 150 valence electrons. The molecule has 2 rings (SSSR count). The Bertz CT molecular complexity index is 880. The Balaban J connectivity index is 2.28. The molecule has 0 unspecified atom stereocenters. The van der Waals surface area contributed by atoms with Crippen LogP contribution in [0.5, 0.6) is 0 Å². The number of benzene rings is 1. The van der Waals surface area contributed by atoms with Crippen LogP contribution in [-0.2, 0) is 10.0 Å². The first-order valence-corrected chi connectivity index (χ1v) is 10.5. The lowest BCUT2D eigenvalue weighted by molar-refractivity contribution is -0.129. The van der Waals surface area contributed by atoms with Gasteiger partial charge in [0.15, 0.2) is 5.82 Å². The summed E-state index contributed by atoms with van der Waals surface area (Å²) in [6.45, 7) is 4.14. The second kappa shape index (κ2) is 8.48. The Morgan fingerprint density at radius 3 is 2.48 bits per heavy atom. The standard InChI is InChI=1S/C15H20F3N5O2S2/c1-3-22(4-2)27(24,25)12-7-5-6-11(10-12)13-20-21-14(23(13)19)26-9-8-15(16,17)18/h5-7,10H,3-4,8-9,19H2,1-2H3. The van der Waals surface area contributed by atoms with E-state index in [2.05, 4.69) is 10.2 Å². The fourth-order valence-corrected chi connectivity index (χ4v) is 4.68. The molecule has 27 heavy (non-hydrogen) atoms. The summed E-state index contributed by atoms with van der Waals surface area (Å²) in [7, 11) is -3.66. The lowest BCUT2D eigenvalue weighted by Crippen LogP contribution is -2.30. The number of nitrogens with zero attached hydrogens (tertiary/aromatic N) is 4. The summed E-state index contributed by atoms with van der Waals surface area (Å²) in [5.74, 6) is 5.81. The highest BCUT2D eigenvalue weighted by Gasteiger charge is 2.27. The Kier molecular flexibility index (Phi) is 6.76. The summed E-state index contributed by atoms with van der Waals surface area (Å²) < 4.78 is 64.4. The molecule has 0 spiro atoms. The number of halogens is 3. The maximum absolute atomic E-state index is 12.6. The molecule has 1 heterocycles. The molecule has 0 fully saturated rings. The van der Waals surface area contributed by atoms with E-state index in [0.29, 0.717) is 18.7 Å². The maximum Gasteiger partial charge on any atom is 0.389 e. The van der Waals surface area contributed by atoms with E-state index in [0.717, 1.165) is 16.4 Å². The smallest absolute Gasteiger partial charge is 0.335 e. The molecule has 0 aliphatic carbocycles. The minimum atomic E-state index is -4.26. The molecule has 0 aliphatic heterocycles. The number of sulfonamides is 1. The van der Waals surface area contributed by atoms with Crippen molar-refractivity contribution >= 4 is 21.8 Å². The Hall–Kier alpha value is -1.79.